The van der Waals surface area contributed by atoms with E-state index in [2.05, 4.69) is 27.7 Å². The summed E-state index contributed by atoms with van der Waals surface area (Å²) in [5.74, 6) is 3.97. The first kappa shape index (κ1) is 17.1. The first-order valence-corrected chi connectivity index (χ1v) is 10.5. The van der Waals surface area contributed by atoms with Crippen molar-refractivity contribution < 1.29 is 9.90 Å². The standard InChI is InChI=1S/C22H36O2/c1-5-22(24)11-10-20(3)15(13-22)6-7-16-17(20)8-9-21(4)18(23)12-14(2)19(16)21/h14-17,19,24H,5-13H2,1-4H3/t14-,15-,16+,17-,19-,20-,21+,22-/m0/s1. The number of hydrogen-bond acceptors (Lipinski definition) is 2. The highest BCUT2D eigenvalue weighted by Crippen LogP contribution is 2.67. The molecule has 8 atom stereocenters. The van der Waals surface area contributed by atoms with Crippen molar-refractivity contribution in [3.63, 3.8) is 0 Å². The molecule has 24 heavy (non-hydrogen) atoms. The van der Waals surface area contributed by atoms with E-state index in [0.29, 0.717) is 29.0 Å². The molecule has 0 saturated heterocycles. The molecule has 0 amide bonds. The lowest BCUT2D eigenvalue weighted by Crippen LogP contribution is -2.56. The van der Waals surface area contributed by atoms with Crippen LogP contribution >= 0.6 is 0 Å². The number of fused-ring (bicyclic) bond motifs is 5. The maximum atomic E-state index is 12.7. The van der Waals surface area contributed by atoms with Crippen LogP contribution in [-0.2, 0) is 4.79 Å². The molecule has 136 valence electrons. The van der Waals surface area contributed by atoms with Crippen LogP contribution in [0, 0.1) is 40.4 Å². The average Bonchev–Trinajstić information content (AvgIpc) is 2.78. The zero-order chi connectivity index (χ0) is 17.3. The van der Waals surface area contributed by atoms with Crippen LogP contribution in [-0.4, -0.2) is 16.5 Å². The fourth-order valence-electron chi connectivity index (χ4n) is 7.92. The number of carbonyl (C=O) groups excluding carboxylic acids is 1. The van der Waals surface area contributed by atoms with Crippen molar-refractivity contribution in [3.05, 3.63) is 0 Å². The van der Waals surface area contributed by atoms with Crippen molar-refractivity contribution in [2.24, 2.45) is 40.4 Å². The van der Waals surface area contributed by atoms with Crippen molar-refractivity contribution in [2.75, 3.05) is 0 Å². The minimum atomic E-state index is -0.406. The molecule has 0 aromatic heterocycles. The van der Waals surface area contributed by atoms with Gasteiger partial charge in [0.15, 0.2) is 0 Å². The molecule has 4 aliphatic rings. The summed E-state index contributed by atoms with van der Waals surface area (Å²) in [4.78, 5) is 12.7. The molecule has 4 aliphatic carbocycles. The summed E-state index contributed by atoms with van der Waals surface area (Å²) in [7, 11) is 0. The van der Waals surface area contributed by atoms with E-state index >= 15 is 0 Å². The molecule has 0 unspecified atom stereocenters. The summed E-state index contributed by atoms with van der Waals surface area (Å²) in [6.07, 6.45) is 9.83. The molecule has 4 saturated carbocycles. The average molecular weight is 333 g/mol. The zero-order valence-corrected chi connectivity index (χ0v) is 16.1. The van der Waals surface area contributed by atoms with Gasteiger partial charge in [-0.3, -0.25) is 4.79 Å². The van der Waals surface area contributed by atoms with Gasteiger partial charge in [-0.25, -0.2) is 0 Å². The van der Waals surface area contributed by atoms with Crippen LogP contribution in [0.15, 0.2) is 0 Å². The fourth-order valence-corrected chi connectivity index (χ4v) is 7.92. The van der Waals surface area contributed by atoms with Crippen molar-refractivity contribution >= 4 is 5.78 Å². The SMILES string of the molecule is CC[C@]1(O)CC[C@@]2(C)[C@@H](CC[C@H]3[C@@H]4[C@@H](C)CC(=O)[C@@]4(C)CC[C@@H]32)C1. The Labute approximate surface area is 147 Å². The second-order valence-electron chi connectivity index (χ2n) is 10.4. The summed E-state index contributed by atoms with van der Waals surface area (Å²) in [5, 5.41) is 10.9. The number of rotatable bonds is 1. The molecule has 0 radical (unpaired) electrons. The van der Waals surface area contributed by atoms with E-state index in [1.807, 2.05) is 0 Å². The van der Waals surface area contributed by atoms with Gasteiger partial charge in [-0.05, 0) is 86.4 Å². The van der Waals surface area contributed by atoms with Crippen LogP contribution in [0.3, 0.4) is 0 Å². The Balaban J connectivity index is 1.63. The van der Waals surface area contributed by atoms with Gasteiger partial charge in [0.1, 0.15) is 5.78 Å². The lowest BCUT2D eigenvalue weighted by atomic mass is 9.43. The van der Waals surface area contributed by atoms with Gasteiger partial charge >= 0.3 is 0 Å². The smallest absolute Gasteiger partial charge is 0.139 e. The van der Waals surface area contributed by atoms with E-state index < -0.39 is 5.60 Å². The minimum Gasteiger partial charge on any atom is -0.390 e. The third-order valence-electron chi connectivity index (χ3n) is 9.49. The number of hydrogen-bond donors (Lipinski definition) is 1. The van der Waals surface area contributed by atoms with Gasteiger partial charge in [0, 0.05) is 11.8 Å². The second kappa shape index (κ2) is 5.32. The Morgan fingerprint density at radius 2 is 1.88 bits per heavy atom. The molecule has 4 rings (SSSR count). The molecule has 0 bridgehead atoms. The van der Waals surface area contributed by atoms with E-state index in [4.69, 9.17) is 0 Å². The predicted octanol–water partition coefficient (Wildman–Crippen LogP) is 4.99. The van der Waals surface area contributed by atoms with Crippen LogP contribution < -0.4 is 0 Å². The van der Waals surface area contributed by atoms with Crippen LogP contribution in [0.5, 0.6) is 0 Å². The van der Waals surface area contributed by atoms with Crippen molar-refractivity contribution in [3.8, 4) is 0 Å². The molecule has 4 fully saturated rings. The molecule has 0 heterocycles. The van der Waals surface area contributed by atoms with Crippen LogP contribution in [0.4, 0.5) is 0 Å². The van der Waals surface area contributed by atoms with E-state index in [1.54, 1.807) is 0 Å². The van der Waals surface area contributed by atoms with E-state index in [1.165, 1.54) is 25.7 Å². The van der Waals surface area contributed by atoms with E-state index in [9.17, 15) is 9.90 Å². The Morgan fingerprint density at radius 3 is 2.58 bits per heavy atom. The van der Waals surface area contributed by atoms with Crippen molar-refractivity contribution in [1.29, 1.82) is 0 Å². The van der Waals surface area contributed by atoms with Crippen molar-refractivity contribution in [1.82, 2.24) is 0 Å². The number of Topliss-reactive ketones (excluding diaryl/α,β-unsaturated/α-hetero) is 1. The van der Waals surface area contributed by atoms with Gasteiger partial charge in [-0.2, -0.15) is 0 Å². The zero-order valence-electron chi connectivity index (χ0n) is 16.1. The van der Waals surface area contributed by atoms with Crippen LogP contribution in [0.1, 0.15) is 85.5 Å². The molecule has 0 aliphatic heterocycles. The lowest BCUT2D eigenvalue weighted by Gasteiger charge is -2.61. The van der Waals surface area contributed by atoms with Gasteiger partial charge in [-0.1, -0.05) is 27.7 Å². The maximum Gasteiger partial charge on any atom is 0.139 e. The Bertz CT molecular complexity index is 542. The van der Waals surface area contributed by atoms with E-state index in [0.717, 1.165) is 43.9 Å². The van der Waals surface area contributed by atoms with Gasteiger partial charge in [0.05, 0.1) is 5.60 Å². The normalized spacial score (nSPS) is 57.2. The monoisotopic (exact) mass is 332 g/mol. The Hall–Kier alpha value is -0.370. The Morgan fingerprint density at radius 1 is 1.12 bits per heavy atom. The summed E-state index contributed by atoms with van der Waals surface area (Å²) < 4.78 is 0. The number of ketones is 1. The summed E-state index contributed by atoms with van der Waals surface area (Å²) in [6, 6.07) is 0. The Kier molecular flexibility index (Phi) is 3.78. The van der Waals surface area contributed by atoms with Crippen LogP contribution in [0.2, 0.25) is 0 Å². The molecule has 0 spiro atoms. The third kappa shape index (κ3) is 2.14. The molecule has 0 aromatic rings. The number of carbonyl (C=O) groups is 1. The van der Waals surface area contributed by atoms with Gasteiger partial charge in [0.2, 0.25) is 0 Å². The first-order chi connectivity index (χ1) is 11.2. The quantitative estimate of drug-likeness (QED) is 0.735. The molecule has 0 aromatic carbocycles. The first-order valence-electron chi connectivity index (χ1n) is 10.5. The summed E-state index contributed by atoms with van der Waals surface area (Å²) in [6.45, 7) is 9.30. The third-order valence-corrected chi connectivity index (χ3v) is 9.49. The lowest BCUT2D eigenvalue weighted by molar-refractivity contribution is -0.157. The molecular formula is C22H36O2. The highest BCUT2D eigenvalue weighted by molar-refractivity contribution is 5.87. The van der Waals surface area contributed by atoms with E-state index in [-0.39, 0.29) is 5.41 Å². The molecular weight excluding hydrogens is 296 g/mol. The second-order valence-corrected chi connectivity index (χ2v) is 10.4. The largest absolute Gasteiger partial charge is 0.390 e. The maximum absolute atomic E-state index is 12.7. The van der Waals surface area contributed by atoms with Crippen LogP contribution in [0.25, 0.3) is 0 Å². The van der Waals surface area contributed by atoms with Gasteiger partial charge in [-0.15, -0.1) is 0 Å². The topological polar surface area (TPSA) is 37.3 Å². The molecule has 2 heteroatoms. The van der Waals surface area contributed by atoms with Gasteiger partial charge < -0.3 is 5.11 Å². The summed E-state index contributed by atoms with van der Waals surface area (Å²) >= 11 is 0. The molecule has 2 nitrogen and oxygen atoms in total. The molecule has 1 N–H and O–H groups in total. The van der Waals surface area contributed by atoms with Gasteiger partial charge in [0.25, 0.3) is 0 Å². The predicted molar refractivity (Wildman–Crippen MR) is 96.5 cm³/mol. The fraction of sp³-hybridized carbons (Fsp3) is 0.955. The number of aliphatic hydroxyl groups is 1. The highest BCUT2D eigenvalue weighted by atomic mass is 16.3. The highest BCUT2D eigenvalue weighted by Gasteiger charge is 2.62. The summed E-state index contributed by atoms with van der Waals surface area (Å²) in [5.41, 5.74) is -0.0313. The minimum absolute atomic E-state index is 0.0252. The van der Waals surface area contributed by atoms with Crippen molar-refractivity contribution in [2.45, 2.75) is 91.1 Å².